The summed E-state index contributed by atoms with van der Waals surface area (Å²) in [5, 5.41) is 20.5. The smallest absolute Gasteiger partial charge is 0.0726 e. The molecule has 0 spiro atoms. The van der Waals surface area contributed by atoms with Gasteiger partial charge in [-0.15, -0.1) is 0 Å². The van der Waals surface area contributed by atoms with Crippen LogP contribution < -0.4 is 16.0 Å². The van der Waals surface area contributed by atoms with Gasteiger partial charge in [-0.3, -0.25) is 0 Å². The van der Waals surface area contributed by atoms with Crippen LogP contribution in [0.15, 0.2) is 0 Å². The minimum Gasteiger partial charge on any atom is -0.393 e. The van der Waals surface area contributed by atoms with Gasteiger partial charge in [-0.2, -0.15) is 0 Å². The molecule has 0 bridgehead atoms. The number of hydrogen-bond acceptors (Lipinski definition) is 4. The van der Waals surface area contributed by atoms with Crippen molar-refractivity contribution in [1.82, 2.24) is 16.0 Å². The highest BCUT2D eigenvalue weighted by atomic mass is 16.3. The lowest BCUT2D eigenvalue weighted by molar-refractivity contribution is 0.0626. The highest BCUT2D eigenvalue weighted by Crippen LogP contribution is 2.35. The monoisotopic (exact) mass is 271 g/mol. The predicted molar refractivity (Wildman–Crippen MR) is 81.2 cm³/mol. The number of nitrogens with one attached hydrogen (secondary N) is 3. The van der Waals surface area contributed by atoms with Crippen LogP contribution in [0, 0.1) is 5.92 Å². The van der Waals surface area contributed by atoms with Crippen molar-refractivity contribution in [2.45, 2.75) is 69.7 Å². The van der Waals surface area contributed by atoms with E-state index in [0.29, 0.717) is 12.0 Å². The molecular weight excluding hydrogens is 238 g/mol. The molecular formula is C15H33N3O. The Morgan fingerprint density at radius 2 is 1.89 bits per heavy atom. The third kappa shape index (κ3) is 4.15. The van der Waals surface area contributed by atoms with E-state index in [1.807, 2.05) is 14.1 Å². The summed E-state index contributed by atoms with van der Waals surface area (Å²) in [4.78, 5) is 0. The molecule has 114 valence electrons. The molecule has 4 N–H and O–H groups in total. The molecule has 0 amide bonds. The van der Waals surface area contributed by atoms with Crippen LogP contribution in [0.1, 0.15) is 51.9 Å². The van der Waals surface area contributed by atoms with Gasteiger partial charge in [0.25, 0.3) is 0 Å². The van der Waals surface area contributed by atoms with Crippen molar-refractivity contribution >= 4 is 0 Å². The standard InChI is InChI=1S/C15H33N3O/c1-5-7-12(19)9-10-13-14(16-2)8-6-11-15(13,17-3)18-4/h12-14,16-19H,5-11H2,1-4H3. The van der Waals surface area contributed by atoms with Crippen LogP contribution in [-0.2, 0) is 0 Å². The summed E-state index contributed by atoms with van der Waals surface area (Å²) in [5.41, 5.74) is 0.0118. The normalized spacial score (nSPS) is 28.3. The van der Waals surface area contributed by atoms with Crippen LogP contribution in [0.3, 0.4) is 0 Å². The molecule has 0 aromatic heterocycles. The largest absolute Gasteiger partial charge is 0.393 e. The first kappa shape index (κ1) is 16.9. The minimum atomic E-state index is -0.143. The summed E-state index contributed by atoms with van der Waals surface area (Å²) < 4.78 is 0. The van der Waals surface area contributed by atoms with E-state index in [1.54, 1.807) is 0 Å². The lowest BCUT2D eigenvalue weighted by Gasteiger charge is -2.48. The van der Waals surface area contributed by atoms with Gasteiger partial charge in [0.2, 0.25) is 0 Å². The molecule has 4 nitrogen and oxygen atoms in total. The van der Waals surface area contributed by atoms with Crippen molar-refractivity contribution in [3.05, 3.63) is 0 Å². The first-order valence-electron chi connectivity index (χ1n) is 7.86. The van der Waals surface area contributed by atoms with Crippen LogP contribution in [0.2, 0.25) is 0 Å². The third-order valence-electron chi connectivity index (χ3n) is 4.90. The van der Waals surface area contributed by atoms with Crippen LogP contribution in [0.25, 0.3) is 0 Å². The van der Waals surface area contributed by atoms with Gasteiger partial charge in [0.15, 0.2) is 0 Å². The lowest BCUT2D eigenvalue weighted by atomic mass is 9.72. The zero-order valence-corrected chi connectivity index (χ0v) is 13.1. The van der Waals surface area contributed by atoms with Crippen molar-refractivity contribution in [2.75, 3.05) is 21.1 Å². The van der Waals surface area contributed by atoms with Gasteiger partial charge in [-0.25, -0.2) is 0 Å². The van der Waals surface area contributed by atoms with Gasteiger partial charge in [0.1, 0.15) is 0 Å². The molecule has 1 aliphatic rings. The maximum absolute atomic E-state index is 9.99. The summed E-state index contributed by atoms with van der Waals surface area (Å²) >= 11 is 0. The fourth-order valence-corrected chi connectivity index (χ4v) is 3.72. The van der Waals surface area contributed by atoms with Crippen LogP contribution >= 0.6 is 0 Å². The van der Waals surface area contributed by atoms with Crippen molar-refractivity contribution in [2.24, 2.45) is 5.92 Å². The van der Waals surface area contributed by atoms with Gasteiger partial charge in [-0.05, 0) is 59.7 Å². The summed E-state index contributed by atoms with van der Waals surface area (Å²) in [6.07, 6.45) is 7.43. The van der Waals surface area contributed by atoms with E-state index in [0.717, 1.165) is 32.1 Å². The molecule has 0 aromatic rings. The predicted octanol–water partition coefficient (Wildman–Crippen LogP) is 1.45. The first-order chi connectivity index (χ1) is 9.13. The Morgan fingerprint density at radius 3 is 2.42 bits per heavy atom. The van der Waals surface area contributed by atoms with Gasteiger partial charge >= 0.3 is 0 Å². The highest BCUT2D eigenvalue weighted by molar-refractivity contribution is 4.99. The Bertz CT molecular complexity index is 244. The van der Waals surface area contributed by atoms with Crippen LogP contribution in [-0.4, -0.2) is 44.1 Å². The van der Waals surface area contributed by atoms with Crippen LogP contribution in [0.5, 0.6) is 0 Å². The Kier molecular flexibility index (Phi) is 7.29. The number of hydrogen-bond donors (Lipinski definition) is 4. The van der Waals surface area contributed by atoms with E-state index >= 15 is 0 Å². The summed E-state index contributed by atoms with van der Waals surface area (Å²) in [6.45, 7) is 2.13. The number of aliphatic hydroxyl groups is 1. The van der Waals surface area contributed by atoms with E-state index in [4.69, 9.17) is 0 Å². The lowest BCUT2D eigenvalue weighted by Crippen LogP contribution is -2.65. The van der Waals surface area contributed by atoms with Gasteiger partial charge in [-0.1, -0.05) is 13.3 Å². The van der Waals surface area contributed by atoms with Gasteiger partial charge in [0.05, 0.1) is 11.8 Å². The molecule has 3 atom stereocenters. The minimum absolute atomic E-state index is 0.0118. The summed E-state index contributed by atoms with van der Waals surface area (Å²) in [6, 6.07) is 0.530. The van der Waals surface area contributed by atoms with Gasteiger partial charge < -0.3 is 21.1 Å². The molecule has 1 fully saturated rings. The Balaban J connectivity index is 2.69. The van der Waals surface area contributed by atoms with Crippen molar-refractivity contribution < 1.29 is 5.11 Å². The Hall–Kier alpha value is -0.160. The highest BCUT2D eigenvalue weighted by Gasteiger charge is 2.42. The molecule has 0 aromatic carbocycles. The SMILES string of the molecule is CCCC(O)CCC1C(NC)CCCC1(NC)NC. The quantitative estimate of drug-likeness (QED) is 0.505. The van der Waals surface area contributed by atoms with E-state index in [-0.39, 0.29) is 11.8 Å². The summed E-state index contributed by atoms with van der Waals surface area (Å²) in [5.74, 6) is 0.521. The average Bonchev–Trinajstić information content (AvgIpc) is 2.44. The second kappa shape index (κ2) is 8.20. The fraction of sp³-hybridized carbons (Fsp3) is 1.00. The molecule has 0 radical (unpaired) electrons. The number of rotatable bonds is 8. The molecule has 1 aliphatic carbocycles. The first-order valence-corrected chi connectivity index (χ1v) is 7.86. The van der Waals surface area contributed by atoms with Crippen molar-refractivity contribution in [1.29, 1.82) is 0 Å². The molecule has 3 unspecified atom stereocenters. The molecule has 0 aliphatic heterocycles. The zero-order chi connectivity index (χ0) is 14.3. The van der Waals surface area contributed by atoms with Crippen molar-refractivity contribution in [3.63, 3.8) is 0 Å². The molecule has 0 saturated heterocycles. The molecule has 0 heterocycles. The average molecular weight is 271 g/mol. The van der Waals surface area contributed by atoms with E-state index in [2.05, 4.69) is 29.9 Å². The Morgan fingerprint density at radius 1 is 1.21 bits per heavy atom. The number of aliphatic hydroxyl groups excluding tert-OH is 1. The molecule has 19 heavy (non-hydrogen) atoms. The zero-order valence-electron chi connectivity index (χ0n) is 13.1. The van der Waals surface area contributed by atoms with E-state index in [1.165, 1.54) is 12.8 Å². The maximum atomic E-state index is 9.99. The maximum Gasteiger partial charge on any atom is 0.0726 e. The fourth-order valence-electron chi connectivity index (χ4n) is 3.72. The second-order valence-corrected chi connectivity index (χ2v) is 5.89. The summed E-state index contributed by atoms with van der Waals surface area (Å²) in [7, 11) is 6.15. The van der Waals surface area contributed by atoms with Crippen molar-refractivity contribution in [3.8, 4) is 0 Å². The van der Waals surface area contributed by atoms with Crippen LogP contribution in [0.4, 0.5) is 0 Å². The molecule has 1 rings (SSSR count). The molecule has 4 heteroatoms. The van der Waals surface area contributed by atoms with Gasteiger partial charge in [0, 0.05) is 12.0 Å². The third-order valence-corrected chi connectivity index (χ3v) is 4.90. The van der Waals surface area contributed by atoms with E-state index < -0.39 is 0 Å². The Labute approximate surface area is 118 Å². The topological polar surface area (TPSA) is 56.3 Å². The molecule has 1 saturated carbocycles. The van der Waals surface area contributed by atoms with E-state index in [9.17, 15) is 5.11 Å². The second-order valence-electron chi connectivity index (χ2n) is 5.89.